The summed E-state index contributed by atoms with van der Waals surface area (Å²) in [6.45, 7) is 10.9. The molecule has 9 heteroatoms. The largest absolute Gasteiger partial charge is 0.470 e. The summed E-state index contributed by atoms with van der Waals surface area (Å²) in [7, 11) is 0. The van der Waals surface area contributed by atoms with Crippen molar-refractivity contribution < 1.29 is 14.3 Å². The van der Waals surface area contributed by atoms with Crippen LogP contribution in [0, 0.1) is 40.4 Å². The lowest BCUT2D eigenvalue weighted by atomic mass is 9.95. The number of ether oxygens (including phenoxy) is 1. The van der Waals surface area contributed by atoms with Gasteiger partial charge in [-0.05, 0) is 37.6 Å². The molecule has 0 aromatic heterocycles. The lowest BCUT2D eigenvalue weighted by Crippen LogP contribution is -2.47. The molecule has 2 N–H and O–H groups in total. The maximum Gasteiger partial charge on any atom is 0.229 e. The van der Waals surface area contributed by atoms with E-state index in [0.717, 1.165) is 16.9 Å². The predicted molar refractivity (Wildman–Crippen MR) is 161 cm³/mol. The Morgan fingerprint density at radius 3 is 2.59 bits per heavy atom. The molecule has 6 rings (SSSR count). The van der Waals surface area contributed by atoms with Crippen molar-refractivity contribution in [3.63, 3.8) is 0 Å². The first-order chi connectivity index (χ1) is 19.6. The molecule has 4 aliphatic rings. The summed E-state index contributed by atoms with van der Waals surface area (Å²) in [5.41, 5.74) is 2.22. The van der Waals surface area contributed by atoms with Gasteiger partial charge in [-0.25, -0.2) is 4.99 Å². The van der Waals surface area contributed by atoms with Crippen LogP contribution in [0.1, 0.15) is 46.3 Å². The second-order valence-corrected chi connectivity index (χ2v) is 13.9. The van der Waals surface area contributed by atoms with E-state index in [1.807, 2.05) is 94.1 Å². The fourth-order valence-corrected chi connectivity index (χ4v) is 8.61. The summed E-state index contributed by atoms with van der Waals surface area (Å²) in [4.78, 5) is 32.4. The highest BCUT2D eigenvalue weighted by Crippen LogP contribution is 2.72. The molecule has 3 fully saturated rings. The van der Waals surface area contributed by atoms with E-state index in [0.29, 0.717) is 19.0 Å². The summed E-state index contributed by atoms with van der Waals surface area (Å²) in [5, 5.41) is 16.8. The van der Waals surface area contributed by atoms with Gasteiger partial charge < -0.3 is 20.3 Å². The van der Waals surface area contributed by atoms with Gasteiger partial charge in [0.2, 0.25) is 11.8 Å². The fraction of sp³-hybridized carbons (Fsp3) is 0.500. The summed E-state index contributed by atoms with van der Waals surface area (Å²) >= 11 is 1.77. The Balaban J connectivity index is 1.15. The van der Waals surface area contributed by atoms with Gasteiger partial charge in [0.05, 0.1) is 29.9 Å². The molecule has 2 aromatic carbocycles. The van der Waals surface area contributed by atoms with Crippen LogP contribution in [0.25, 0.3) is 0 Å². The maximum absolute atomic E-state index is 13.8. The number of carbonyl (C=O) groups excluding carboxylic acids is 2. The van der Waals surface area contributed by atoms with Gasteiger partial charge in [-0.15, -0.1) is 11.8 Å². The number of aliphatic imine (C=N–C) groups is 1. The summed E-state index contributed by atoms with van der Waals surface area (Å²) in [5.74, 6) is 0.219. The zero-order chi connectivity index (χ0) is 29.1. The Kier molecular flexibility index (Phi) is 6.80. The normalized spacial score (nSPS) is 33.4. The van der Waals surface area contributed by atoms with Crippen molar-refractivity contribution in [2.75, 3.05) is 23.7 Å². The number of nitrogens with one attached hydrogen (secondary N) is 2. The Hall–Kier alpha value is -3.51. The van der Waals surface area contributed by atoms with Gasteiger partial charge in [0.25, 0.3) is 0 Å². The third-order valence-corrected chi connectivity index (χ3v) is 10.7. The molecule has 1 spiro atoms. The van der Waals surface area contributed by atoms with Crippen LogP contribution in [0.5, 0.6) is 0 Å². The van der Waals surface area contributed by atoms with Gasteiger partial charge in [-0.3, -0.25) is 9.59 Å². The zero-order valence-corrected chi connectivity index (χ0v) is 24.9. The topological polar surface area (TPSA) is 107 Å². The molecule has 2 saturated carbocycles. The number of rotatable bonds is 7. The molecule has 41 heavy (non-hydrogen) atoms. The SMILES string of the molecule is CCN1C(=O)C2C(CNc3cccc(NC(=O)C(C)(C)C)c3)C2SC12C(C#N)[C@@H]2C1=N[C@H](C)[C@@H](c2ccccc2)O1. The second-order valence-electron chi connectivity index (χ2n) is 12.5. The average molecular weight is 572 g/mol. The molecule has 0 radical (unpaired) electrons. The molecule has 8 nitrogen and oxygen atoms in total. The first-order valence-corrected chi connectivity index (χ1v) is 15.3. The third kappa shape index (κ3) is 4.66. The first kappa shape index (κ1) is 27.6. The van der Waals surface area contributed by atoms with E-state index in [1.54, 1.807) is 11.8 Å². The number of anilines is 2. The molecule has 0 bridgehead atoms. The third-order valence-electron chi connectivity index (χ3n) is 8.72. The average Bonchev–Trinajstić information content (AvgIpc) is 3.77. The van der Waals surface area contributed by atoms with Crippen molar-refractivity contribution in [3.05, 3.63) is 60.2 Å². The van der Waals surface area contributed by atoms with Crippen molar-refractivity contribution in [1.29, 1.82) is 5.26 Å². The van der Waals surface area contributed by atoms with Crippen LogP contribution in [0.15, 0.2) is 59.6 Å². The Labute approximate surface area is 245 Å². The lowest BCUT2D eigenvalue weighted by molar-refractivity contribution is -0.134. The van der Waals surface area contributed by atoms with Crippen molar-refractivity contribution in [2.24, 2.45) is 34.1 Å². The monoisotopic (exact) mass is 571 g/mol. The predicted octanol–water partition coefficient (Wildman–Crippen LogP) is 5.32. The number of nitriles is 1. The number of hydrogen-bond donors (Lipinski definition) is 2. The maximum atomic E-state index is 13.8. The Morgan fingerprint density at radius 2 is 1.90 bits per heavy atom. The van der Waals surface area contributed by atoms with Crippen molar-refractivity contribution in [3.8, 4) is 6.07 Å². The van der Waals surface area contributed by atoms with E-state index in [1.165, 1.54) is 0 Å². The van der Waals surface area contributed by atoms with Crippen molar-refractivity contribution in [1.82, 2.24) is 4.90 Å². The number of hydrogen-bond acceptors (Lipinski definition) is 7. The molecule has 214 valence electrons. The zero-order valence-electron chi connectivity index (χ0n) is 24.1. The van der Waals surface area contributed by atoms with Crippen molar-refractivity contribution >= 4 is 40.8 Å². The summed E-state index contributed by atoms with van der Waals surface area (Å²) < 4.78 is 6.42. The highest BCUT2D eigenvalue weighted by atomic mass is 32.2. The molecule has 1 saturated heterocycles. The Bertz CT molecular complexity index is 1430. The minimum atomic E-state index is -0.627. The van der Waals surface area contributed by atoms with Crippen LogP contribution >= 0.6 is 11.8 Å². The van der Waals surface area contributed by atoms with Gasteiger partial charge in [-0.2, -0.15) is 5.26 Å². The minimum absolute atomic E-state index is 0.0406. The van der Waals surface area contributed by atoms with E-state index in [2.05, 4.69) is 16.7 Å². The molecule has 2 aliphatic heterocycles. The first-order valence-electron chi connectivity index (χ1n) is 14.4. The number of fused-ring (bicyclic) bond motifs is 1. The van der Waals surface area contributed by atoms with Gasteiger partial charge >= 0.3 is 0 Å². The van der Waals surface area contributed by atoms with E-state index in [9.17, 15) is 14.9 Å². The van der Waals surface area contributed by atoms with Crippen LogP contribution in [-0.2, 0) is 14.3 Å². The van der Waals surface area contributed by atoms with Crippen LogP contribution < -0.4 is 10.6 Å². The molecular weight excluding hydrogens is 534 g/mol. The standard InChI is InChI=1S/C32H37N5O3S/c1-6-37-29(38)24-22(17-34-20-13-10-14-21(15-20)36-30(39)31(3,4)5)27(24)41-32(37)23(16-33)25(32)28-35-18(2)26(40-28)19-11-8-7-9-12-19/h7-15,18,22-27,34H,6,17H2,1-5H3,(H,36,39)/t18-,22?,23?,24?,25-,26+,27?,32?/m1/s1. The van der Waals surface area contributed by atoms with Crippen molar-refractivity contribution in [2.45, 2.75) is 56.9 Å². The van der Waals surface area contributed by atoms with Crippen LogP contribution in [0.3, 0.4) is 0 Å². The van der Waals surface area contributed by atoms with Crippen LogP contribution in [0.2, 0.25) is 0 Å². The highest BCUT2D eigenvalue weighted by molar-refractivity contribution is 8.02. The molecule has 2 heterocycles. The van der Waals surface area contributed by atoms with E-state index in [-0.39, 0.29) is 52.9 Å². The molecule has 2 aromatic rings. The highest BCUT2D eigenvalue weighted by Gasteiger charge is 2.80. The summed E-state index contributed by atoms with van der Waals surface area (Å²) in [6, 6.07) is 20.2. The van der Waals surface area contributed by atoms with Gasteiger partial charge in [0.15, 0.2) is 5.90 Å². The summed E-state index contributed by atoms with van der Waals surface area (Å²) in [6.07, 6.45) is -0.183. The second kappa shape index (κ2) is 10.1. The molecular formula is C32H37N5O3S. The minimum Gasteiger partial charge on any atom is -0.470 e. The lowest BCUT2D eigenvalue weighted by Gasteiger charge is -2.35. The number of thioether (sulfide) groups is 1. The number of carbonyl (C=O) groups is 2. The van der Waals surface area contributed by atoms with Gasteiger partial charge in [-0.1, -0.05) is 57.2 Å². The molecule has 2 amide bonds. The van der Waals surface area contributed by atoms with E-state index in [4.69, 9.17) is 9.73 Å². The van der Waals surface area contributed by atoms with Crippen LogP contribution in [-0.4, -0.2) is 51.9 Å². The molecule has 2 aliphatic carbocycles. The van der Waals surface area contributed by atoms with Gasteiger partial charge in [0, 0.05) is 41.0 Å². The van der Waals surface area contributed by atoms with Gasteiger partial charge in [0.1, 0.15) is 11.0 Å². The number of amides is 2. The van der Waals surface area contributed by atoms with Crippen LogP contribution in [0.4, 0.5) is 11.4 Å². The van der Waals surface area contributed by atoms with E-state index < -0.39 is 10.3 Å². The number of nitrogens with zero attached hydrogens (tertiary/aromatic N) is 3. The Morgan fingerprint density at radius 1 is 1.17 bits per heavy atom. The fourth-order valence-electron chi connectivity index (χ4n) is 6.36. The van der Waals surface area contributed by atoms with E-state index >= 15 is 0 Å². The smallest absolute Gasteiger partial charge is 0.229 e. The molecule has 8 atom stereocenters. The number of benzene rings is 2. The quantitative estimate of drug-likeness (QED) is 0.466. The molecule has 5 unspecified atom stereocenters.